The first-order valence-corrected chi connectivity index (χ1v) is 7.76. The maximum absolute atomic E-state index is 12.1. The third-order valence-electron chi connectivity index (χ3n) is 3.23. The van der Waals surface area contributed by atoms with Gasteiger partial charge in [-0.1, -0.05) is 47.5 Å². The van der Waals surface area contributed by atoms with Gasteiger partial charge in [-0.3, -0.25) is 9.59 Å². The molecule has 2 aromatic carbocycles. The number of para-hydroxylation sites is 1. The summed E-state index contributed by atoms with van der Waals surface area (Å²) in [5.74, 6) is -0.519. The number of carbonyl (C=O) groups excluding carboxylic acids is 2. The van der Waals surface area contributed by atoms with Crippen molar-refractivity contribution in [3.8, 4) is 0 Å². The molecule has 0 fully saturated rings. The molecule has 0 aliphatic carbocycles. The van der Waals surface area contributed by atoms with E-state index in [1.165, 1.54) is 11.8 Å². The van der Waals surface area contributed by atoms with E-state index in [4.69, 9.17) is 23.2 Å². The normalized spacial score (nSPS) is 10.2. The van der Waals surface area contributed by atoms with Crippen LogP contribution in [0.3, 0.4) is 0 Å². The summed E-state index contributed by atoms with van der Waals surface area (Å²) >= 11 is 11.9. The molecule has 0 heterocycles. The van der Waals surface area contributed by atoms with Gasteiger partial charge in [0.05, 0.1) is 10.7 Å². The van der Waals surface area contributed by atoms with Crippen molar-refractivity contribution in [3.63, 3.8) is 0 Å². The minimum absolute atomic E-state index is 0.0906. The van der Waals surface area contributed by atoms with Gasteiger partial charge in [0, 0.05) is 18.5 Å². The number of nitrogens with zero attached hydrogens (tertiary/aromatic N) is 1. The van der Waals surface area contributed by atoms with Gasteiger partial charge in [-0.05, 0) is 29.8 Å². The van der Waals surface area contributed by atoms with Gasteiger partial charge in [0.1, 0.15) is 6.54 Å². The highest BCUT2D eigenvalue weighted by atomic mass is 35.5. The highest BCUT2D eigenvalue weighted by molar-refractivity contribution is 6.33. The Hall–Kier alpha value is -2.04. The van der Waals surface area contributed by atoms with Crippen LogP contribution in [0.15, 0.2) is 48.5 Å². The summed E-state index contributed by atoms with van der Waals surface area (Å²) in [6.45, 7) is 1.67. The van der Waals surface area contributed by atoms with Crippen LogP contribution in [0.1, 0.15) is 12.5 Å². The minimum atomic E-state index is -0.268. The summed E-state index contributed by atoms with van der Waals surface area (Å²) in [5.41, 5.74) is 1.44. The zero-order chi connectivity index (χ0) is 16.8. The summed E-state index contributed by atoms with van der Waals surface area (Å²) in [6.07, 6.45) is 0. The zero-order valence-corrected chi connectivity index (χ0v) is 14.1. The van der Waals surface area contributed by atoms with Gasteiger partial charge in [-0.15, -0.1) is 0 Å². The smallest absolute Gasteiger partial charge is 0.240 e. The van der Waals surface area contributed by atoms with Crippen molar-refractivity contribution in [1.82, 2.24) is 5.32 Å². The van der Waals surface area contributed by atoms with Crippen molar-refractivity contribution in [1.29, 1.82) is 0 Å². The SMILES string of the molecule is CC(=O)N(CC(=O)NCc1ccc(Cl)cc1)c1ccccc1Cl. The standard InChI is InChI=1S/C17H16Cl2N2O2/c1-12(22)21(16-5-3-2-4-15(16)19)11-17(23)20-10-13-6-8-14(18)9-7-13/h2-9H,10-11H2,1H3,(H,20,23). The van der Waals surface area contributed by atoms with Crippen molar-refractivity contribution in [2.75, 3.05) is 11.4 Å². The Balaban J connectivity index is 2.00. The lowest BCUT2D eigenvalue weighted by Gasteiger charge is -2.21. The molecule has 0 radical (unpaired) electrons. The molecule has 0 atom stereocenters. The maximum Gasteiger partial charge on any atom is 0.240 e. The predicted octanol–water partition coefficient (Wildman–Crippen LogP) is 3.66. The molecule has 0 bridgehead atoms. The molecule has 4 nitrogen and oxygen atoms in total. The van der Waals surface area contributed by atoms with Crippen LogP contribution in [0.2, 0.25) is 10.0 Å². The van der Waals surface area contributed by atoms with E-state index in [2.05, 4.69) is 5.32 Å². The topological polar surface area (TPSA) is 49.4 Å². The lowest BCUT2D eigenvalue weighted by Crippen LogP contribution is -2.39. The molecule has 0 aliphatic rings. The maximum atomic E-state index is 12.1. The van der Waals surface area contributed by atoms with Gasteiger partial charge in [-0.2, -0.15) is 0 Å². The third kappa shape index (κ3) is 4.98. The number of carbonyl (C=O) groups is 2. The van der Waals surface area contributed by atoms with E-state index >= 15 is 0 Å². The Bertz CT molecular complexity index is 702. The van der Waals surface area contributed by atoms with Crippen LogP contribution >= 0.6 is 23.2 Å². The molecule has 2 amide bonds. The number of halogens is 2. The van der Waals surface area contributed by atoms with Gasteiger partial charge < -0.3 is 10.2 Å². The van der Waals surface area contributed by atoms with E-state index in [1.54, 1.807) is 36.4 Å². The molecule has 0 saturated heterocycles. The fraction of sp³-hybridized carbons (Fsp3) is 0.176. The van der Waals surface area contributed by atoms with Crippen molar-refractivity contribution < 1.29 is 9.59 Å². The van der Waals surface area contributed by atoms with Crippen molar-refractivity contribution in [2.24, 2.45) is 0 Å². The molecule has 2 aromatic rings. The van der Waals surface area contributed by atoms with Gasteiger partial charge in [0.15, 0.2) is 0 Å². The Morgan fingerprint density at radius 2 is 1.70 bits per heavy atom. The summed E-state index contributed by atoms with van der Waals surface area (Å²) in [7, 11) is 0. The average Bonchev–Trinajstić information content (AvgIpc) is 2.52. The molecule has 23 heavy (non-hydrogen) atoms. The Labute approximate surface area is 145 Å². The largest absolute Gasteiger partial charge is 0.350 e. The molecule has 1 N–H and O–H groups in total. The van der Waals surface area contributed by atoms with Crippen molar-refractivity contribution in [3.05, 3.63) is 64.1 Å². The van der Waals surface area contributed by atoms with E-state index in [9.17, 15) is 9.59 Å². The molecule has 6 heteroatoms. The molecule has 0 unspecified atom stereocenters. The van der Waals surface area contributed by atoms with E-state index in [1.807, 2.05) is 12.1 Å². The number of hydrogen-bond donors (Lipinski definition) is 1. The second-order valence-electron chi connectivity index (χ2n) is 4.96. The molecular formula is C17H16Cl2N2O2. The number of benzene rings is 2. The summed E-state index contributed by atoms with van der Waals surface area (Å²) < 4.78 is 0. The van der Waals surface area contributed by atoms with Crippen LogP contribution in [-0.2, 0) is 16.1 Å². The Kier molecular flexibility index (Phi) is 6.02. The minimum Gasteiger partial charge on any atom is -0.350 e. The van der Waals surface area contributed by atoms with Gasteiger partial charge in [0.2, 0.25) is 11.8 Å². The fourth-order valence-corrected chi connectivity index (χ4v) is 2.40. The molecule has 120 valence electrons. The summed E-state index contributed by atoms with van der Waals surface area (Å²) in [6, 6.07) is 14.1. The number of anilines is 1. The lowest BCUT2D eigenvalue weighted by atomic mass is 10.2. The summed E-state index contributed by atoms with van der Waals surface area (Å²) in [5, 5.41) is 3.84. The zero-order valence-electron chi connectivity index (χ0n) is 12.6. The molecular weight excluding hydrogens is 335 g/mol. The van der Waals surface area contributed by atoms with E-state index in [0.29, 0.717) is 22.3 Å². The first kappa shape index (κ1) is 17.3. The van der Waals surface area contributed by atoms with E-state index in [0.717, 1.165) is 5.56 Å². The molecule has 0 spiro atoms. The van der Waals surface area contributed by atoms with Crippen LogP contribution in [0, 0.1) is 0 Å². The van der Waals surface area contributed by atoms with Gasteiger partial charge in [0.25, 0.3) is 0 Å². The van der Waals surface area contributed by atoms with Crippen LogP contribution in [0.4, 0.5) is 5.69 Å². The quantitative estimate of drug-likeness (QED) is 0.894. The second-order valence-corrected chi connectivity index (χ2v) is 5.80. The molecule has 0 aliphatic heterocycles. The Morgan fingerprint density at radius 1 is 1.04 bits per heavy atom. The molecule has 0 saturated carbocycles. The highest BCUT2D eigenvalue weighted by Gasteiger charge is 2.17. The molecule has 2 rings (SSSR count). The monoisotopic (exact) mass is 350 g/mol. The first-order chi connectivity index (χ1) is 11.0. The number of hydrogen-bond acceptors (Lipinski definition) is 2. The van der Waals surface area contributed by atoms with Crippen LogP contribution in [-0.4, -0.2) is 18.4 Å². The van der Waals surface area contributed by atoms with Crippen LogP contribution < -0.4 is 10.2 Å². The van der Waals surface area contributed by atoms with Crippen LogP contribution in [0.25, 0.3) is 0 Å². The van der Waals surface area contributed by atoms with Gasteiger partial charge >= 0.3 is 0 Å². The van der Waals surface area contributed by atoms with E-state index in [-0.39, 0.29) is 18.4 Å². The number of nitrogens with one attached hydrogen (secondary N) is 1. The number of rotatable bonds is 5. The summed E-state index contributed by atoms with van der Waals surface area (Å²) in [4.78, 5) is 25.3. The average molecular weight is 351 g/mol. The molecule has 0 aromatic heterocycles. The second kappa shape index (κ2) is 7.99. The van der Waals surface area contributed by atoms with Gasteiger partial charge in [-0.25, -0.2) is 0 Å². The Morgan fingerprint density at radius 3 is 2.30 bits per heavy atom. The van der Waals surface area contributed by atoms with Crippen molar-refractivity contribution in [2.45, 2.75) is 13.5 Å². The van der Waals surface area contributed by atoms with E-state index < -0.39 is 0 Å². The third-order valence-corrected chi connectivity index (χ3v) is 3.80. The fourth-order valence-electron chi connectivity index (χ4n) is 2.04. The van der Waals surface area contributed by atoms with Crippen molar-refractivity contribution >= 4 is 40.7 Å². The highest BCUT2D eigenvalue weighted by Crippen LogP contribution is 2.25. The first-order valence-electron chi connectivity index (χ1n) is 7.01. The lowest BCUT2D eigenvalue weighted by molar-refractivity contribution is -0.123. The predicted molar refractivity (Wildman–Crippen MR) is 92.8 cm³/mol. The number of amides is 2. The van der Waals surface area contributed by atoms with Crippen LogP contribution in [0.5, 0.6) is 0 Å².